The van der Waals surface area contributed by atoms with Gasteiger partial charge in [-0.25, -0.2) is 0 Å². The predicted octanol–water partition coefficient (Wildman–Crippen LogP) is 21.9. The van der Waals surface area contributed by atoms with Gasteiger partial charge in [0.1, 0.15) is 11.2 Å². The van der Waals surface area contributed by atoms with Crippen LogP contribution in [0.3, 0.4) is 0 Å². The second-order valence-electron chi connectivity index (χ2n) is 22.0. The van der Waals surface area contributed by atoms with Crippen molar-refractivity contribution in [1.29, 1.82) is 0 Å². The number of hydrogen-bond donors (Lipinski definition) is 0. The van der Waals surface area contributed by atoms with Gasteiger partial charge >= 0.3 is 0 Å². The van der Waals surface area contributed by atoms with E-state index in [9.17, 15) is 0 Å². The zero-order chi connectivity index (χ0) is 52.9. The second kappa shape index (κ2) is 19.9. The third kappa shape index (κ3) is 9.18. The number of rotatable bonds is 11. The Morgan fingerprint density at radius 1 is 0.321 bits per heavy atom. The molecule has 0 amide bonds. The summed E-state index contributed by atoms with van der Waals surface area (Å²) in [5, 5.41) is 6.72. The van der Waals surface area contributed by atoms with Gasteiger partial charge in [0.25, 0.3) is 0 Å². The average molecular weight is 1010 g/mol. The van der Waals surface area contributed by atoms with E-state index in [0.717, 1.165) is 94.3 Å². The summed E-state index contributed by atoms with van der Waals surface area (Å²) in [5.74, 6) is 0.455. The van der Waals surface area contributed by atoms with Crippen LogP contribution in [0.15, 0.2) is 271 Å². The molecule has 3 heteroatoms. The lowest BCUT2D eigenvalue weighted by molar-refractivity contribution is 0.590. The molecule has 0 saturated carbocycles. The van der Waals surface area contributed by atoms with E-state index in [1.165, 1.54) is 38.9 Å². The number of fused-ring (bicyclic) bond motifs is 5. The standard InChI is InChI=1S/C75H60N2O/c1-50(2)51-30-32-54(33-31-51)67-26-12-14-28-71(67)76(63-24-16-22-56(42-63)52-18-8-6-9-19-52)65-40-36-58-46-69-70-47-59-37-41-66(45-61(59)49-74(70)78-73(69)48-60(58)44-65)77(64-25-17-23-57(43-64)53-20-10-7-11-21-53)72-29-15-13-27-68(72)55-34-38-62(39-35-55)75(3,4)5/h6-50H,1-5H3. The number of furan rings is 1. The van der Waals surface area contributed by atoms with Crippen LogP contribution in [0.2, 0.25) is 0 Å². The second-order valence-corrected chi connectivity index (χ2v) is 22.0. The highest BCUT2D eigenvalue weighted by Gasteiger charge is 2.22. The molecule has 12 aromatic carbocycles. The average Bonchev–Trinajstić information content (AvgIpc) is 3.82. The van der Waals surface area contributed by atoms with E-state index in [2.05, 4.69) is 311 Å². The van der Waals surface area contributed by atoms with Crippen LogP contribution in [0, 0.1) is 0 Å². The Morgan fingerprint density at radius 3 is 1.18 bits per heavy atom. The van der Waals surface area contributed by atoms with Crippen molar-refractivity contribution < 1.29 is 4.42 Å². The van der Waals surface area contributed by atoms with Crippen molar-refractivity contribution in [2.24, 2.45) is 0 Å². The lowest BCUT2D eigenvalue weighted by Crippen LogP contribution is -2.12. The molecular formula is C75H60N2O. The number of para-hydroxylation sites is 2. The fourth-order valence-corrected chi connectivity index (χ4v) is 11.3. The molecule has 376 valence electrons. The van der Waals surface area contributed by atoms with Crippen LogP contribution in [0.4, 0.5) is 34.1 Å². The highest BCUT2D eigenvalue weighted by Crippen LogP contribution is 2.46. The molecule has 13 aromatic rings. The van der Waals surface area contributed by atoms with Gasteiger partial charge in [-0.1, -0.05) is 217 Å². The number of nitrogens with zero attached hydrogens (tertiary/aromatic N) is 2. The molecule has 13 rings (SSSR count). The first kappa shape index (κ1) is 48.2. The van der Waals surface area contributed by atoms with Crippen LogP contribution in [0.25, 0.3) is 88.0 Å². The molecule has 0 radical (unpaired) electrons. The van der Waals surface area contributed by atoms with Crippen molar-refractivity contribution >= 4 is 77.6 Å². The maximum Gasteiger partial charge on any atom is 0.136 e. The topological polar surface area (TPSA) is 19.6 Å². The number of hydrogen-bond acceptors (Lipinski definition) is 3. The summed E-state index contributed by atoms with van der Waals surface area (Å²) in [6.07, 6.45) is 0. The third-order valence-corrected chi connectivity index (χ3v) is 15.5. The SMILES string of the molecule is CC(C)c1ccc(-c2ccccc2N(c2cccc(-c3ccccc3)c2)c2ccc3cc4c(cc3c2)oc2cc3cc(N(c5cccc(-c6ccccc6)c5)c5ccccc5-c5ccc(C(C)(C)C)cc5)ccc3cc24)cc1. The minimum atomic E-state index is 0.0583. The molecule has 0 bridgehead atoms. The largest absolute Gasteiger partial charge is 0.456 e. The van der Waals surface area contributed by atoms with E-state index in [4.69, 9.17) is 4.42 Å². The van der Waals surface area contributed by atoms with Crippen molar-refractivity contribution in [2.75, 3.05) is 9.80 Å². The van der Waals surface area contributed by atoms with Gasteiger partial charge in [0, 0.05) is 44.6 Å². The summed E-state index contributed by atoms with van der Waals surface area (Å²) in [4.78, 5) is 4.82. The quantitative estimate of drug-likeness (QED) is 0.129. The van der Waals surface area contributed by atoms with Gasteiger partial charge in [-0.2, -0.15) is 0 Å². The Labute approximate surface area is 457 Å². The van der Waals surface area contributed by atoms with E-state index < -0.39 is 0 Å². The zero-order valence-electron chi connectivity index (χ0n) is 44.8. The summed E-state index contributed by atoms with van der Waals surface area (Å²) in [7, 11) is 0. The van der Waals surface area contributed by atoms with Crippen molar-refractivity contribution in [1.82, 2.24) is 0 Å². The van der Waals surface area contributed by atoms with Gasteiger partial charge in [-0.05, 0) is 162 Å². The van der Waals surface area contributed by atoms with E-state index in [0.29, 0.717) is 5.92 Å². The monoisotopic (exact) mass is 1000 g/mol. The molecule has 0 spiro atoms. The number of anilines is 6. The summed E-state index contributed by atoms with van der Waals surface area (Å²) in [6.45, 7) is 11.3. The van der Waals surface area contributed by atoms with Gasteiger partial charge in [-0.15, -0.1) is 0 Å². The van der Waals surface area contributed by atoms with Gasteiger partial charge in [0.05, 0.1) is 11.4 Å². The molecular weight excluding hydrogens is 945 g/mol. The fraction of sp³-hybridized carbons (Fsp3) is 0.0933. The molecule has 0 aliphatic rings. The molecule has 0 atom stereocenters. The highest BCUT2D eigenvalue weighted by atomic mass is 16.3. The van der Waals surface area contributed by atoms with Crippen molar-refractivity contribution in [3.05, 3.63) is 278 Å². The molecule has 1 aromatic heterocycles. The van der Waals surface area contributed by atoms with Crippen molar-refractivity contribution in [2.45, 2.75) is 46.0 Å². The molecule has 1 heterocycles. The smallest absolute Gasteiger partial charge is 0.136 e. The molecule has 0 N–H and O–H groups in total. The van der Waals surface area contributed by atoms with Crippen LogP contribution in [0.5, 0.6) is 0 Å². The zero-order valence-corrected chi connectivity index (χ0v) is 44.8. The molecule has 0 unspecified atom stereocenters. The normalized spacial score (nSPS) is 11.8. The first-order chi connectivity index (χ1) is 38.1. The molecule has 0 aliphatic carbocycles. The maximum atomic E-state index is 6.92. The van der Waals surface area contributed by atoms with E-state index in [1.54, 1.807) is 0 Å². The third-order valence-electron chi connectivity index (χ3n) is 15.5. The first-order valence-electron chi connectivity index (χ1n) is 27.2. The van der Waals surface area contributed by atoms with Crippen LogP contribution in [0.1, 0.15) is 51.7 Å². The fourth-order valence-electron chi connectivity index (χ4n) is 11.3. The Hall–Kier alpha value is -9.44. The van der Waals surface area contributed by atoms with Gasteiger partial charge in [-0.3, -0.25) is 0 Å². The summed E-state index contributed by atoms with van der Waals surface area (Å²) in [6, 6.07) is 97.6. The minimum Gasteiger partial charge on any atom is -0.456 e. The summed E-state index contributed by atoms with van der Waals surface area (Å²) >= 11 is 0. The molecule has 78 heavy (non-hydrogen) atoms. The molecule has 3 nitrogen and oxygen atoms in total. The van der Waals surface area contributed by atoms with Crippen LogP contribution < -0.4 is 9.80 Å². The predicted molar refractivity (Wildman–Crippen MR) is 333 cm³/mol. The Bertz CT molecular complexity index is 4320. The Balaban J connectivity index is 0.925. The first-order valence-corrected chi connectivity index (χ1v) is 27.2. The lowest BCUT2D eigenvalue weighted by Gasteiger charge is -2.29. The van der Waals surface area contributed by atoms with E-state index in [-0.39, 0.29) is 5.41 Å². The molecule has 0 saturated heterocycles. The molecule has 0 aliphatic heterocycles. The number of benzene rings is 12. The Morgan fingerprint density at radius 2 is 0.731 bits per heavy atom. The minimum absolute atomic E-state index is 0.0583. The van der Waals surface area contributed by atoms with Gasteiger partial charge in [0.2, 0.25) is 0 Å². The summed E-state index contributed by atoms with van der Waals surface area (Å²) < 4.78 is 6.92. The van der Waals surface area contributed by atoms with Crippen LogP contribution >= 0.6 is 0 Å². The van der Waals surface area contributed by atoms with Crippen LogP contribution in [-0.2, 0) is 5.41 Å². The highest BCUT2D eigenvalue weighted by molar-refractivity contribution is 6.14. The van der Waals surface area contributed by atoms with Crippen molar-refractivity contribution in [3.8, 4) is 44.5 Å². The van der Waals surface area contributed by atoms with E-state index in [1.807, 2.05) is 0 Å². The van der Waals surface area contributed by atoms with Gasteiger partial charge < -0.3 is 14.2 Å². The Kier molecular flexibility index (Phi) is 12.3. The van der Waals surface area contributed by atoms with E-state index >= 15 is 0 Å². The van der Waals surface area contributed by atoms with Crippen molar-refractivity contribution in [3.63, 3.8) is 0 Å². The lowest BCUT2D eigenvalue weighted by atomic mass is 9.86. The molecule has 0 fully saturated rings. The summed E-state index contributed by atoms with van der Waals surface area (Å²) in [5.41, 5.74) is 20.3. The maximum absolute atomic E-state index is 6.92. The van der Waals surface area contributed by atoms with Gasteiger partial charge in [0.15, 0.2) is 0 Å². The van der Waals surface area contributed by atoms with Crippen LogP contribution in [-0.4, -0.2) is 0 Å².